The number of nitrogens with zero attached hydrogens (tertiary/aromatic N) is 1. The van der Waals surface area contributed by atoms with Crippen molar-refractivity contribution in [2.45, 2.75) is 43.9 Å². The molecule has 3 aliphatic rings. The molecule has 1 saturated carbocycles. The summed E-state index contributed by atoms with van der Waals surface area (Å²) in [6.07, 6.45) is 6.00. The summed E-state index contributed by atoms with van der Waals surface area (Å²) in [6, 6.07) is 7.85. The molecule has 0 aromatic heterocycles. The smallest absolute Gasteiger partial charge is 0.233 e. The largest absolute Gasteiger partial charge is 0.396 e. The first-order valence-electron chi connectivity index (χ1n) is 9.84. The van der Waals surface area contributed by atoms with E-state index < -0.39 is 5.41 Å². The van der Waals surface area contributed by atoms with E-state index >= 15 is 0 Å². The van der Waals surface area contributed by atoms with Gasteiger partial charge in [0.2, 0.25) is 5.91 Å². The Morgan fingerprint density at radius 1 is 1.19 bits per heavy atom. The number of hydrogen-bond donors (Lipinski definition) is 1. The molecule has 1 aliphatic carbocycles. The van der Waals surface area contributed by atoms with Gasteiger partial charge in [-0.25, -0.2) is 0 Å². The monoisotopic (exact) mass is 377 g/mol. The summed E-state index contributed by atoms with van der Waals surface area (Å²) >= 11 is 6.09. The molecule has 1 N–H and O–H groups in total. The molecular weight excluding hydrogens is 350 g/mol. The van der Waals surface area contributed by atoms with Crippen molar-refractivity contribution in [1.82, 2.24) is 4.90 Å². The molecule has 0 bridgehead atoms. The fourth-order valence-corrected chi connectivity index (χ4v) is 5.44. The molecule has 3 fully saturated rings. The molecule has 26 heavy (non-hydrogen) atoms. The van der Waals surface area contributed by atoms with E-state index in [0.29, 0.717) is 31.3 Å². The van der Waals surface area contributed by atoms with E-state index in [0.717, 1.165) is 37.7 Å². The highest BCUT2D eigenvalue weighted by Crippen LogP contribution is 2.46. The Bertz CT molecular complexity index is 656. The van der Waals surface area contributed by atoms with Gasteiger partial charge >= 0.3 is 0 Å². The fourth-order valence-electron chi connectivity index (χ4n) is 5.31. The third-order valence-electron chi connectivity index (χ3n) is 6.99. The Balaban J connectivity index is 1.64. The first kappa shape index (κ1) is 18.3. The second-order valence-corrected chi connectivity index (χ2v) is 8.81. The van der Waals surface area contributed by atoms with Crippen molar-refractivity contribution in [3.05, 3.63) is 34.9 Å². The number of fused-ring (bicyclic) bond motifs is 1. The Labute approximate surface area is 160 Å². The van der Waals surface area contributed by atoms with Crippen molar-refractivity contribution >= 4 is 17.5 Å². The van der Waals surface area contributed by atoms with Gasteiger partial charge in [-0.15, -0.1) is 0 Å². The van der Waals surface area contributed by atoms with Crippen LogP contribution < -0.4 is 0 Å². The minimum absolute atomic E-state index is 0.138. The van der Waals surface area contributed by atoms with E-state index in [2.05, 4.69) is 0 Å². The number of hydrogen-bond acceptors (Lipinski definition) is 3. The van der Waals surface area contributed by atoms with E-state index in [-0.39, 0.29) is 23.8 Å². The molecule has 1 amide bonds. The zero-order valence-corrected chi connectivity index (χ0v) is 16.0. The van der Waals surface area contributed by atoms with Crippen molar-refractivity contribution < 1.29 is 14.6 Å². The average Bonchev–Trinajstić information content (AvgIpc) is 3.08. The summed E-state index contributed by atoms with van der Waals surface area (Å²) in [5, 5.41) is 10.8. The van der Waals surface area contributed by atoms with Crippen LogP contribution in [0.5, 0.6) is 0 Å². The predicted octanol–water partition coefficient (Wildman–Crippen LogP) is 3.40. The summed E-state index contributed by atoms with van der Waals surface area (Å²) in [6.45, 7) is 2.83. The standard InChI is InChI=1S/C21H28ClNO3/c22-18-6-4-16(5-7-18)21(8-2-1-3-9-21)19(25)23-12-17-13-26-11-10-20(17,14-23)15-24/h4-7,17,24H,1-3,8-15H2/t17-,20-/m1/s1. The summed E-state index contributed by atoms with van der Waals surface area (Å²) in [4.78, 5) is 15.8. The molecule has 1 aromatic carbocycles. The number of likely N-dealkylation sites (tertiary alicyclic amines) is 1. The van der Waals surface area contributed by atoms with Crippen LogP contribution in [-0.2, 0) is 14.9 Å². The number of ether oxygens (including phenoxy) is 1. The molecule has 4 nitrogen and oxygen atoms in total. The first-order chi connectivity index (χ1) is 12.6. The van der Waals surface area contributed by atoms with Crippen LogP contribution in [0, 0.1) is 11.3 Å². The number of aliphatic hydroxyl groups excluding tert-OH is 1. The van der Waals surface area contributed by atoms with Crippen molar-refractivity contribution in [1.29, 1.82) is 0 Å². The summed E-state index contributed by atoms with van der Waals surface area (Å²) in [5.74, 6) is 0.484. The van der Waals surface area contributed by atoms with Gasteiger partial charge in [0.25, 0.3) is 0 Å². The van der Waals surface area contributed by atoms with Crippen molar-refractivity contribution in [2.24, 2.45) is 11.3 Å². The molecule has 2 heterocycles. The lowest BCUT2D eigenvalue weighted by atomic mass is 9.68. The summed E-state index contributed by atoms with van der Waals surface area (Å²) < 4.78 is 5.64. The second-order valence-electron chi connectivity index (χ2n) is 8.38. The van der Waals surface area contributed by atoms with Gasteiger partial charge in [-0.2, -0.15) is 0 Å². The normalized spacial score (nSPS) is 30.8. The second kappa shape index (κ2) is 7.14. The van der Waals surface area contributed by atoms with Crippen LogP contribution >= 0.6 is 11.6 Å². The average molecular weight is 378 g/mol. The summed E-state index contributed by atoms with van der Waals surface area (Å²) in [5.41, 5.74) is 0.480. The Hall–Kier alpha value is -1.10. The number of rotatable bonds is 3. The van der Waals surface area contributed by atoms with Crippen LogP contribution in [0.3, 0.4) is 0 Å². The third kappa shape index (κ3) is 2.96. The minimum atomic E-state index is -0.437. The predicted molar refractivity (Wildman–Crippen MR) is 101 cm³/mol. The highest BCUT2D eigenvalue weighted by atomic mass is 35.5. The quantitative estimate of drug-likeness (QED) is 0.878. The number of amides is 1. The molecular formula is C21H28ClNO3. The SMILES string of the molecule is O=C(N1C[C@@H]2COCC[C@]2(CO)C1)C1(c2ccc(Cl)cc2)CCCCC1. The highest BCUT2D eigenvalue weighted by Gasteiger charge is 2.53. The van der Waals surface area contributed by atoms with E-state index in [1.807, 2.05) is 29.2 Å². The van der Waals surface area contributed by atoms with Crippen LogP contribution in [0.25, 0.3) is 0 Å². The zero-order chi connectivity index (χ0) is 18.2. The van der Waals surface area contributed by atoms with Gasteiger partial charge in [0.1, 0.15) is 0 Å². The Morgan fingerprint density at radius 3 is 2.58 bits per heavy atom. The molecule has 4 rings (SSSR count). The zero-order valence-electron chi connectivity index (χ0n) is 15.3. The molecule has 2 atom stereocenters. The maximum absolute atomic E-state index is 13.8. The van der Waals surface area contributed by atoms with E-state index in [4.69, 9.17) is 16.3 Å². The Kier molecular flexibility index (Phi) is 5.02. The number of benzene rings is 1. The number of aliphatic hydroxyl groups is 1. The molecule has 0 unspecified atom stereocenters. The molecule has 5 heteroatoms. The minimum Gasteiger partial charge on any atom is -0.396 e. The maximum Gasteiger partial charge on any atom is 0.233 e. The maximum atomic E-state index is 13.8. The van der Waals surface area contributed by atoms with Gasteiger partial charge in [-0.1, -0.05) is 43.0 Å². The lowest BCUT2D eigenvalue weighted by Crippen LogP contribution is -2.48. The molecule has 1 aromatic rings. The van der Waals surface area contributed by atoms with Crippen LogP contribution in [0.1, 0.15) is 44.1 Å². The van der Waals surface area contributed by atoms with E-state index in [1.54, 1.807) is 0 Å². The number of carbonyl (C=O) groups excluding carboxylic acids is 1. The van der Waals surface area contributed by atoms with Gasteiger partial charge in [0.05, 0.1) is 18.6 Å². The molecule has 2 aliphatic heterocycles. The Morgan fingerprint density at radius 2 is 1.92 bits per heavy atom. The number of halogens is 1. The lowest BCUT2D eigenvalue weighted by Gasteiger charge is -2.40. The van der Waals surface area contributed by atoms with Crippen LogP contribution in [0.2, 0.25) is 5.02 Å². The van der Waals surface area contributed by atoms with Gasteiger partial charge in [0.15, 0.2) is 0 Å². The fraction of sp³-hybridized carbons (Fsp3) is 0.667. The van der Waals surface area contributed by atoms with Crippen molar-refractivity contribution in [2.75, 3.05) is 32.9 Å². The van der Waals surface area contributed by atoms with Gasteiger partial charge in [0, 0.05) is 36.1 Å². The van der Waals surface area contributed by atoms with Crippen molar-refractivity contribution in [3.63, 3.8) is 0 Å². The third-order valence-corrected chi connectivity index (χ3v) is 7.24. The molecule has 2 saturated heterocycles. The van der Waals surface area contributed by atoms with Crippen LogP contribution in [0.15, 0.2) is 24.3 Å². The summed E-state index contributed by atoms with van der Waals surface area (Å²) in [7, 11) is 0. The van der Waals surface area contributed by atoms with Crippen molar-refractivity contribution in [3.8, 4) is 0 Å². The first-order valence-corrected chi connectivity index (χ1v) is 10.2. The number of carbonyl (C=O) groups is 1. The highest BCUT2D eigenvalue weighted by molar-refractivity contribution is 6.30. The molecule has 0 spiro atoms. The topological polar surface area (TPSA) is 49.8 Å². The van der Waals surface area contributed by atoms with Gasteiger partial charge < -0.3 is 14.7 Å². The lowest BCUT2D eigenvalue weighted by molar-refractivity contribution is -0.138. The van der Waals surface area contributed by atoms with Crippen LogP contribution in [0.4, 0.5) is 0 Å². The van der Waals surface area contributed by atoms with Gasteiger partial charge in [-0.3, -0.25) is 4.79 Å². The molecule has 0 radical (unpaired) electrons. The van der Waals surface area contributed by atoms with E-state index in [1.165, 1.54) is 6.42 Å². The van der Waals surface area contributed by atoms with Gasteiger partial charge in [-0.05, 0) is 37.0 Å². The van der Waals surface area contributed by atoms with E-state index in [9.17, 15) is 9.90 Å². The van der Waals surface area contributed by atoms with Crippen LogP contribution in [-0.4, -0.2) is 48.8 Å². The molecule has 142 valence electrons.